The molecule has 3 aromatic carbocycles. The first kappa shape index (κ1) is 17.4. The quantitative estimate of drug-likeness (QED) is 0.365. The van der Waals surface area contributed by atoms with Gasteiger partial charge in [-0.15, -0.1) is 0 Å². The maximum absolute atomic E-state index is 6.24. The van der Waals surface area contributed by atoms with Gasteiger partial charge in [-0.3, -0.25) is 0 Å². The molecule has 1 aliphatic rings. The van der Waals surface area contributed by atoms with E-state index >= 15 is 0 Å². The highest BCUT2D eigenvalue weighted by Gasteiger charge is 2.23. The average Bonchev–Trinajstić information content (AvgIpc) is 2.73. The van der Waals surface area contributed by atoms with Crippen LogP contribution in [0, 0.1) is 0 Å². The lowest BCUT2D eigenvalue weighted by Gasteiger charge is -2.22. The molecule has 4 aromatic rings. The van der Waals surface area contributed by atoms with Gasteiger partial charge in [-0.25, -0.2) is 9.97 Å². The molecule has 4 heteroatoms. The van der Waals surface area contributed by atoms with Crippen LogP contribution in [-0.2, 0) is 12.8 Å². The van der Waals surface area contributed by atoms with Gasteiger partial charge in [0.2, 0.25) is 0 Å². The minimum atomic E-state index is 0.575. The highest BCUT2D eigenvalue weighted by Crippen LogP contribution is 2.38. The zero-order valence-corrected chi connectivity index (χ0v) is 16.5. The standard InChI is InChI=1S/C24H16Cl2N2/c25-18-12-17(13-19(26)14-18)24-27-22(16-7-2-1-3-8-16)21-11-10-15-6-4-5-9-20(15)23(21)28-24/h1-9,12-14H,10-11H2. The van der Waals surface area contributed by atoms with E-state index in [0.717, 1.165) is 35.4 Å². The number of benzene rings is 3. The Morgan fingerprint density at radius 2 is 1.32 bits per heavy atom. The Morgan fingerprint density at radius 1 is 0.643 bits per heavy atom. The number of hydrogen-bond donors (Lipinski definition) is 0. The first-order valence-electron chi connectivity index (χ1n) is 9.20. The normalized spacial score (nSPS) is 12.4. The smallest absolute Gasteiger partial charge is 0.160 e. The molecule has 0 aliphatic heterocycles. The van der Waals surface area contributed by atoms with Gasteiger partial charge in [-0.2, -0.15) is 0 Å². The number of rotatable bonds is 2. The van der Waals surface area contributed by atoms with Gasteiger partial charge in [-0.05, 0) is 36.6 Å². The van der Waals surface area contributed by atoms with E-state index in [4.69, 9.17) is 33.2 Å². The van der Waals surface area contributed by atoms with Crippen molar-refractivity contribution in [3.05, 3.63) is 94.0 Å². The number of fused-ring (bicyclic) bond motifs is 3. The third-order valence-corrected chi connectivity index (χ3v) is 5.53. The molecule has 0 unspecified atom stereocenters. The maximum atomic E-state index is 6.24. The van der Waals surface area contributed by atoms with Gasteiger partial charge in [0.25, 0.3) is 0 Å². The van der Waals surface area contributed by atoms with Crippen LogP contribution >= 0.6 is 23.2 Å². The number of aryl methyl sites for hydroxylation is 1. The molecule has 28 heavy (non-hydrogen) atoms. The molecule has 2 nitrogen and oxygen atoms in total. The second kappa shape index (κ2) is 7.05. The molecule has 0 N–H and O–H groups in total. The van der Waals surface area contributed by atoms with Crippen LogP contribution in [0.1, 0.15) is 11.1 Å². The van der Waals surface area contributed by atoms with Gasteiger partial charge < -0.3 is 0 Å². The Hall–Kier alpha value is -2.68. The van der Waals surface area contributed by atoms with Crippen molar-refractivity contribution in [1.29, 1.82) is 0 Å². The van der Waals surface area contributed by atoms with Crippen molar-refractivity contribution >= 4 is 23.2 Å². The molecular formula is C24H16Cl2N2. The molecule has 0 atom stereocenters. The first-order valence-corrected chi connectivity index (χ1v) is 9.96. The van der Waals surface area contributed by atoms with Crippen molar-refractivity contribution in [2.45, 2.75) is 12.8 Å². The van der Waals surface area contributed by atoms with Crippen LogP contribution in [0.3, 0.4) is 0 Å². The lowest BCUT2D eigenvalue weighted by molar-refractivity contribution is 0.916. The predicted molar refractivity (Wildman–Crippen MR) is 116 cm³/mol. The van der Waals surface area contributed by atoms with E-state index in [1.807, 2.05) is 30.3 Å². The molecule has 1 aromatic heterocycles. The molecule has 0 fully saturated rings. The van der Waals surface area contributed by atoms with E-state index in [-0.39, 0.29) is 0 Å². The molecule has 0 radical (unpaired) electrons. The van der Waals surface area contributed by atoms with Crippen molar-refractivity contribution in [2.24, 2.45) is 0 Å². The zero-order valence-electron chi connectivity index (χ0n) is 15.0. The Labute approximate surface area is 173 Å². The van der Waals surface area contributed by atoms with Crippen LogP contribution in [0.25, 0.3) is 33.9 Å². The number of hydrogen-bond acceptors (Lipinski definition) is 2. The molecule has 136 valence electrons. The van der Waals surface area contributed by atoms with Crippen molar-refractivity contribution < 1.29 is 0 Å². The fourth-order valence-electron chi connectivity index (χ4n) is 3.82. The lowest BCUT2D eigenvalue weighted by atomic mass is 9.87. The van der Waals surface area contributed by atoms with Gasteiger partial charge in [0.15, 0.2) is 5.82 Å². The number of halogens is 2. The van der Waals surface area contributed by atoms with E-state index in [9.17, 15) is 0 Å². The van der Waals surface area contributed by atoms with Crippen molar-refractivity contribution in [1.82, 2.24) is 9.97 Å². The second-order valence-corrected chi connectivity index (χ2v) is 7.78. The van der Waals surface area contributed by atoms with Gasteiger partial charge in [0.1, 0.15) is 0 Å². The van der Waals surface area contributed by atoms with Crippen molar-refractivity contribution in [3.63, 3.8) is 0 Å². The maximum Gasteiger partial charge on any atom is 0.160 e. The molecular weight excluding hydrogens is 387 g/mol. The highest BCUT2D eigenvalue weighted by atomic mass is 35.5. The topological polar surface area (TPSA) is 25.8 Å². The van der Waals surface area contributed by atoms with Crippen molar-refractivity contribution in [3.8, 4) is 33.9 Å². The van der Waals surface area contributed by atoms with Crippen LogP contribution in [0.4, 0.5) is 0 Å². The first-order chi connectivity index (χ1) is 13.7. The molecule has 0 bridgehead atoms. The second-order valence-electron chi connectivity index (χ2n) is 6.90. The Balaban J connectivity index is 1.81. The Kier molecular flexibility index (Phi) is 4.38. The van der Waals surface area contributed by atoms with Crippen molar-refractivity contribution in [2.75, 3.05) is 0 Å². The summed E-state index contributed by atoms with van der Waals surface area (Å²) in [6.07, 6.45) is 1.92. The van der Waals surface area contributed by atoms with E-state index < -0.39 is 0 Å². The van der Waals surface area contributed by atoms with Gasteiger partial charge in [0.05, 0.1) is 11.4 Å². The summed E-state index contributed by atoms with van der Waals surface area (Å²) in [5.41, 5.74) is 7.59. The predicted octanol–water partition coefficient (Wildman–Crippen LogP) is 6.88. The van der Waals surface area contributed by atoms with Gasteiger partial charge >= 0.3 is 0 Å². The van der Waals surface area contributed by atoms with E-state index in [2.05, 4.69) is 36.4 Å². The van der Waals surface area contributed by atoms with Crippen LogP contribution in [-0.4, -0.2) is 9.97 Å². The Morgan fingerprint density at radius 3 is 2.11 bits per heavy atom. The van der Waals surface area contributed by atoms with Crippen LogP contribution in [0.5, 0.6) is 0 Å². The summed E-state index contributed by atoms with van der Waals surface area (Å²) >= 11 is 12.5. The minimum absolute atomic E-state index is 0.575. The zero-order chi connectivity index (χ0) is 19.1. The molecule has 1 aliphatic carbocycles. The summed E-state index contributed by atoms with van der Waals surface area (Å²) < 4.78 is 0. The fraction of sp³-hybridized carbons (Fsp3) is 0.0833. The monoisotopic (exact) mass is 402 g/mol. The largest absolute Gasteiger partial charge is 0.228 e. The van der Waals surface area contributed by atoms with Crippen LogP contribution in [0.2, 0.25) is 10.0 Å². The van der Waals surface area contributed by atoms with Gasteiger partial charge in [-0.1, -0.05) is 77.8 Å². The summed E-state index contributed by atoms with van der Waals surface area (Å²) in [7, 11) is 0. The summed E-state index contributed by atoms with van der Waals surface area (Å²) in [6, 6.07) is 24.2. The average molecular weight is 403 g/mol. The molecule has 5 rings (SSSR count). The molecule has 0 amide bonds. The number of aromatic nitrogens is 2. The molecule has 0 spiro atoms. The third kappa shape index (κ3) is 3.09. The number of nitrogens with zero attached hydrogens (tertiary/aromatic N) is 2. The Bertz CT molecular complexity index is 1150. The van der Waals surface area contributed by atoms with Gasteiger partial charge in [0, 0.05) is 32.3 Å². The summed E-state index contributed by atoms with van der Waals surface area (Å²) in [6.45, 7) is 0. The molecule has 0 saturated carbocycles. The van der Waals surface area contributed by atoms with E-state index in [1.165, 1.54) is 16.7 Å². The molecule has 0 saturated heterocycles. The van der Waals surface area contributed by atoms with E-state index in [0.29, 0.717) is 15.9 Å². The van der Waals surface area contributed by atoms with Crippen LogP contribution in [0.15, 0.2) is 72.8 Å². The summed E-state index contributed by atoms with van der Waals surface area (Å²) in [5.74, 6) is 0.638. The highest BCUT2D eigenvalue weighted by molar-refractivity contribution is 6.35. The summed E-state index contributed by atoms with van der Waals surface area (Å²) in [4.78, 5) is 9.92. The van der Waals surface area contributed by atoms with E-state index in [1.54, 1.807) is 6.07 Å². The third-order valence-electron chi connectivity index (χ3n) is 5.09. The lowest BCUT2D eigenvalue weighted by Crippen LogP contribution is -2.10. The fourth-order valence-corrected chi connectivity index (χ4v) is 4.35. The SMILES string of the molecule is Clc1cc(Cl)cc(-c2nc(-c3ccccc3)c3c(n2)-c2ccccc2CC3)c1. The molecule has 1 heterocycles. The minimum Gasteiger partial charge on any atom is -0.228 e. The van der Waals surface area contributed by atoms with Crippen LogP contribution < -0.4 is 0 Å². The summed E-state index contributed by atoms with van der Waals surface area (Å²) in [5, 5.41) is 1.15.